The third-order valence-electron chi connectivity index (χ3n) is 4.82. The molecular weight excluding hydrogens is 399 g/mol. The van der Waals surface area contributed by atoms with Gasteiger partial charge in [-0.25, -0.2) is 0 Å². The van der Waals surface area contributed by atoms with Crippen molar-refractivity contribution in [2.45, 2.75) is 32.2 Å². The predicted molar refractivity (Wildman–Crippen MR) is 113 cm³/mol. The summed E-state index contributed by atoms with van der Waals surface area (Å²) in [5.41, 5.74) is 2.23. The molecule has 1 aromatic heterocycles. The van der Waals surface area contributed by atoms with E-state index < -0.39 is 0 Å². The topological polar surface area (TPSA) is 66.4 Å². The number of anilines is 2. The van der Waals surface area contributed by atoms with E-state index >= 15 is 0 Å². The summed E-state index contributed by atoms with van der Waals surface area (Å²) in [6.07, 6.45) is 2.56. The number of nitrogens with zero attached hydrogens (tertiary/aromatic N) is 2. The number of nitrogens with one attached hydrogen (secondary N) is 2. The average Bonchev–Trinajstić information content (AvgIpc) is 3.26. The molecule has 2 amide bonds. The molecule has 1 unspecified atom stereocenters. The van der Waals surface area contributed by atoms with E-state index in [1.54, 1.807) is 14.0 Å². The lowest BCUT2D eigenvalue weighted by Gasteiger charge is -2.19. The van der Waals surface area contributed by atoms with Gasteiger partial charge in [0.05, 0.1) is 5.02 Å². The molecule has 1 atom stereocenters. The minimum Gasteiger partial charge on any atom is -0.371 e. The maximum Gasteiger partial charge on any atom is 0.268 e. The first-order valence-corrected chi connectivity index (χ1v) is 10.1. The van der Waals surface area contributed by atoms with Crippen LogP contribution in [-0.2, 0) is 11.8 Å². The molecule has 8 heteroatoms. The van der Waals surface area contributed by atoms with Crippen LogP contribution >= 0.6 is 23.2 Å². The molecule has 150 valence electrons. The highest BCUT2D eigenvalue weighted by Crippen LogP contribution is 2.25. The summed E-state index contributed by atoms with van der Waals surface area (Å²) in [5, 5.41) is 6.33. The van der Waals surface area contributed by atoms with Gasteiger partial charge in [0.15, 0.2) is 0 Å². The van der Waals surface area contributed by atoms with E-state index in [1.807, 2.05) is 18.2 Å². The third-order valence-corrected chi connectivity index (χ3v) is 5.66. The van der Waals surface area contributed by atoms with Crippen molar-refractivity contribution in [1.29, 1.82) is 0 Å². The molecular formula is C20H24Cl2N4O2. The molecule has 1 fully saturated rings. The Kier molecular flexibility index (Phi) is 6.52. The van der Waals surface area contributed by atoms with Gasteiger partial charge in [-0.3, -0.25) is 9.59 Å². The van der Waals surface area contributed by atoms with Crippen LogP contribution in [0.4, 0.5) is 11.4 Å². The zero-order valence-corrected chi connectivity index (χ0v) is 17.5. The lowest BCUT2D eigenvalue weighted by molar-refractivity contribution is -0.116. The molecule has 2 aromatic rings. The highest BCUT2D eigenvalue weighted by molar-refractivity contribution is 6.41. The normalized spacial score (nSPS) is 14.8. The maximum atomic E-state index is 12.4. The van der Waals surface area contributed by atoms with Gasteiger partial charge in [-0.2, -0.15) is 0 Å². The fourth-order valence-electron chi connectivity index (χ4n) is 3.35. The Morgan fingerprint density at radius 1 is 1.18 bits per heavy atom. The second-order valence-corrected chi connectivity index (χ2v) is 7.86. The van der Waals surface area contributed by atoms with Gasteiger partial charge in [-0.05, 0) is 44.0 Å². The third kappa shape index (κ3) is 4.80. The number of amides is 2. The van der Waals surface area contributed by atoms with Crippen LogP contribution < -0.4 is 15.5 Å². The van der Waals surface area contributed by atoms with E-state index in [0.717, 1.165) is 24.5 Å². The van der Waals surface area contributed by atoms with E-state index in [0.29, 0.717) is 15.9 Å². The van der Waals surface area contributed by atoms with Crippen LogP contribution in [0.5, 0.6) is 0 Å². The monoisotopic (exact) mass is 422 g/mol. The second kappa shape index (κ2) is 8.88. The first kappa shape index (κ1) is 20.6. The van der Waals surface area contributed by atoms with E-state index in [-0.39, 0.29) is 24.3 Å². The van der Waals surface area contributed by atoms with Crippen molar-refractivity contribution in [3.05, 3.63) is 46.2 Å². The van der Waals surface area contributed by atoms with Crippen LogP contribution in [0.15, 0.2) is 30.3 Å². The molecule has 1 aliphatic rings. The number of halogens is 2. The van der Waals surface area contributed by atoms with Gasteiger partial charge in [0.1, 0.15) is 10.8 Å². The maximum absolute atomic E-state index is 12.4. The molecule has 0 aliphatic carbocycles. The molecule has 2 N–H and O–H groups in total. The van der Waals surface area contributed by atoms with Crippen LogP contribution in [0.3, 0.4) is 0 Å². The average molecular weight is 423 g/mol. The molecule has 3 rings (SSSR count). The van der Waals surface area contributed by atoms with Crippen molar-refractivity contribution in [3.8, 4) is 0 Å². The first-order valence-electron chi connectivity index (χ1n) is 9.31. The number of benzene rings is 1. The standard InChI is InChI=1S/C20H24Cl2N4O2/c1-13(23-20(28)17-12-16(21)19(22)25(17)2)10-18(27)24-14-6-5-7-15(11-14)26-8-3-4-9-26/h5-7,11-13H,3-4,8-10H2,1-2H3,(H,23,28)(H,24,27). The van der Waals surface area contributed by atoms with E-state index in [2.05, 4.69) is 21.6 Å². The Morgan fingerprint density at radius 3 is 2.54 bits per heavy atom. The van der Waals surface area contributed by atoms with Crippen molar-refractivity contribution < 1.29 is 9.59 Å². The summed E-state index contributed by atoms with van der Waals surface area (Å²) >= 11 is 11.9. The lowest BCUT2D eigenvalue weighted by Crippen LogP contribution is -2.36. The zero-order valence-electron chi connectivity index (χ0n) is 16.0. The van der Waals surface area contributed by atoms with Gasteiger partial charge in [-0.1, -0.05) is 29.3 Å². The van der Waals surface area contributed by atoms with Gasteiger partial charge in [0.25, 0.3) is 5.91 Å². The van der Waals surface area contributed by atoms with Crippen LogP contribution in [0.1, 0.15) is 36.7 Å². The van der Waals surface area contributed by atoms with E-state index in [4.69, 9.17) is 23.2 Å². The SMILES string of the molecule is CC(CC(=O)Nc1cccc(N2CCCC2)c1)NC(=O)c1cc(Cl)c(Cl)n1C. The summed E-state index contributed by atoms with van der Waals surface area (Å²) in [6, 6.07) is 9.02. The minimum absolute atomic E-state index is 0.158. The molecule has 1 aliphatic heterocycles. The smallest absolute Gasteiger partial charge is 0.268 e. The van der Waals surface area contributed by atoms with Gasteiger partial charge in [0, 0.05) is 44.0 Å². The number of rotatable bonds is 6. The highest BCUT2D eigenvalue weighted by Gasteiger charge is 2.19. The highest BCUT2D eigenvalue weighted by atomic mass is 35.5. The number of hydrogen-bond acceptors (Lipinski definition) is 3. The predicted octanol–water partition coefficient (Wildman–Crippen LogP) is 4.08. The van der Waals surface area contributed by atoms with Crippen molar-refractivity contribution in [3.63, 3.8) is 0 Å². The molecule has 2 heterocycles. The van der Waals surface area contributed by atoms with E-state index in [1.165, 1.54) is 23.5 Å². The van der Waals surface area contributed by atoms with Crippen LogP contribution in [0.25, 0.3) is 0 Å². The number of carbonyl (C=O) groups excluding carboxylic acids is 2. The minimum atomic E-state index is -0.346. The summed E-state index contributed by atoms with van der Waals surface area (Å²) in [5.74, 6) is -0.484. The molecule has 1 saturated heterocycles. The molecule has 0 radical (unpaired) electrons. The van der Waals surface area contributed by atoms with Gasteiger partial charge in [0.2, 0.25) is 5.91 Å². The second-order valence-electron chi connectivity index (χ2n) is 7.10. The zero-order chi connectivity index (χ0) is 20.3. The van der Waals surface area contributed by atoms with E-state index in [9.17, 15) is 9.59 Å². The Hall–Kier alpha value is -2.18. The first-order chi connectivity index (χ1) is 13.3. The fourth-order valence-corrected chi connectivity index (χ4v) is 3.73. The molecule has 6 nitrogen and oxygen atoms in total. The van der Waals surface area contributed by atoms with Crippen LogP contribution in [0, 0.1) is 0 Å². The molecule has 28 heavy (non-hydrogen) atoms. The Morgan fingerprint density at radius 2 is 1.89 bits per heavy atom. The Bertz CT molecular complexity index is 875. The van der Waals surface area contributed by atoms with Gasteiger partial charge < -0.3 is 20.1 Å². The lowest BCUT2D eigenvalue weighted by atomic mass is 10.2. The fraction of sp³-hybridized carbons (Fsp3) is 0.400. The molecule has 0 saturated carbocycles. The largest absolute Gasteiger partial charge is 0.371 e. The van der Waals surface area contributed by atoms with Crippen molar-refractivity contribution in [2.75, 3.05) is 23.3 Å². The van der Waals surface area contributed by atoms with Crippen molar-refractivity contribution >= 4 is 46.4 Å². The van der Waals surface area contributed by atoms with Crippen LogP contribution in [-0.4, -0.2) is 35.5 Å². The summed E-state index contributed by atoms with van der Waals surface area (Å²) in [7, 11) is 1.66. The Balaban J connectivity index is 1.55. The number of aromatic nitrogens is 1. The number of carbonyl (C=O) groups is 2. The van der Waals surface area contributed by atoms with Crippen LogP contribution in [0.2, 0.25) is 10.2 Å². The Labute approximate surface area is 174 Å². The summed E-state index contributed by atoms with van der Waals surface area (Å²) in [4.78, 5) is 27.1. The molecule has 0 bridgehead atoms. The quantitative estimate of drug-likeness (QED) is 0.736. The molecule has 0 spiro atoms. The molecule has 1 aromatic carbocycles. The summed E-state index contributed by atoms with van der Waals surface area (Å²) in [6.45, 7) is 3.88. The van der Waals surface area contributed by atoms with Gasteiger partial charge >= 0.3 is 0 Å². The number of hydrogen-bond donors (Lipinski definition) is 2. The van der Waals surface area contributed by atoms with Crippen molar-refractivity contribution in [2.24, 2.45) is 7.05 Å². The van der Waals surface area contributed by atoms with Gasteiger partial charge in [-0.15, -0.1) is 0 Å². The van der Waals surface area contributed by atoms with Crippen molar-refractivity contribution in [1.82, 2.24) is 9.88 Å². The summed E-state index contributed by atoms with van der Waals surface area (Å²) < 4.78 is 1.51.